The Labute approximate surface area is 144 Å². The van der Waals surface area contributed by atoms with Crippen molar-refractivity contribution in [1.29, 1.82) is 0 Å². The lowest BCUT2D eigenvalue weighted by atomic mass is 9.81. The Morgan fingerprint density at radius 2 is 2.00 bits per heavy atom. The van der Waals surface area contributed by atoms with Gasteiger partial charge in [-0.05, 0) is 6.42 Å². The first-order chi connectivity index (χ1) is 12.0. The first-order valence-electron chi connectivity index (χ1n) is 8.09. The molecule has 0 unspecified atom stereocenters. The SMILES string of the molecule is C=C[C@H]1[C@H](O[C@H]2O[C@@H](CO)[C@@H](O)[C@@H](O)[C@H]2O)OC=C2C(=O)OCC[C@H]21. The van der Waals surface area contributed by atoms with Crippen LogP contribution in [0.3, 0.4) is 0 Å². The van der Waals surface area contributed by atoms with E-state index >= 15 is 0 Å². The van der Waals surface area contributed by atoms with E-state index in [-0.39, 0.29) is 12.5 Å². The highest BCUT2D eigenvalue weighted by molar-refractivity contribution is 5.89. The second-order valence-electron chi connectivity index (χ2n) is 6.26. The van der Waals surface area contributed by atoms with Crippen LogP contribution in [0.1, 0.15) is 6.42 Å². The minimum Gasteiger partial charge on any atom is -0.471 e. The van der Waals surface area contributed by atoms with Crippen LogP contribution in [0, 0.1) is 11.8 Å². The van der Waals surface area contributed by atoms with Crippen molar-refractivity contribution in [3.63, 3.8) is 0 Å². The molecule has 9 heteroatoms. The molecular weight excluding hydrogens is 336 g/mol. The average molecular weight is 358 g/mol. The highest BCUT2D eigenvalue weighted by Crippen LogP contribution is 2.38. The molecule has 0 aromatic rings. The van der Waals surface area contributed by atoms with E-state index in [9.17, 15) is 25.2 Å². The van der Waals surface area contributed by atoms with Crippen LogP contribution in [-0.4, -0.2) is 76.6 Å². The van der Waals surface area contributed by atoms with E-state index in [4.69, 9.17) is 18.9 Å². The maximum atomic E-state index is 11.8. The maximum absolute atomic E-state index is 11.8. The molecule has 0 spiro atoms. The Balaban J connectivity index is 1.75. The van der Waals surface area contributed by atoms with Crippen LogP contribution in [0.5, 0.6) is 0 Å². The van der Waals surface area contributed by atoms with Gasteiger partial charge in [-0.25, -0.2) is 4.79 Å². The van der Waals surface area contributed by atoms with E-state index in [2.05, 4.69) is 6.58 Å². The summed E-state index contributed by atoms with van der Waals surface area (Å²) < 4.78 is 21.4. The molecular formula is C16H22O9. The second kappa shape index (κ2) is 7.40. The number of rotatable bonds is 4. The van der Waals surface area contributed by atoms with E-state index in [1.165, 1.54) is 6.26 Å². The number of carbonyl (C=O) groups excluding carboxylic acids is 1. The number of fused-ring (bicyclic) bond motifs is 1. The molecule has 3 aliphatic rings. The van der Waals surface area contributed by atoms with Crippen LogP contribution in [0.15, 0.2) is 24.5 Å². The van der Waals surface area contributed by atoms with E-state index in [1.807, 2.05) is 0 Å². The summed E-state index contributed by atoms with van der Waals surface area (Å²) in [5.41, 5.74) is 0.393. The standard InChI is InChI=1S/C16H22O9/c1-2-7-8-3-4-22-14(21)9(8)6-23-15(7)25-16-13(20)12(19)11(18)10(5-17)24-16/h2,6-8,10-13,15-20H,1,3-5H2/t7-,8+,10+,11-,12-,13-,15+,16-/m1/s1. The number of esters is 1. The van der Waals surface area contributed by atoms with Gasteiger partial charge in [-0.2, -0.15) is 0 Å². The molecule has 140 valence electrons. The Hall–Kier alpha value is -1.49. The van der Waals surface area contributed by atoms with Crippen LogP contribution in [-0.2, 0) is 23.7 Å². The minimum absolute atomic E-state index is 0.206. The summed E-state index contributed by atoms with van der Waals surface area (Å²) in [5, 5.41) is 38.9. The highest BCUT2D eigenvalue weighted by atomic mass is 16.8. The number of ether oxygens (including phenoxy) is 4. The zero-order valence-corrected chi connectivity index (χ0v) is 13.4. The normalized spacial score (nSPS) is 44.2. The molecule has 0 radical (unpaired) electrons. The predicted molar refractivity (Wildman–Crippen MR) is 80.6 cm³/mol. The van der Waals surface area contributed by atoms with Crippen molar-refractivity contribution < 1.29 is 44.2 Å². The van der Waals surface area contributed by atoms with Crippen LogP contribution in [0.25, 0.3) is 0 Å². The Morgan fingerprint density at radius 1 is 1.24 bits per heavy atom. The van der Waals surface area contributed by atoms with Crippen LogP contribution in [0.2, 0.25) is 0 Å². The van der Waals surface area contributed by atoms with E-state index in [1.54, 1.807) is 6.08 Å². The zero-order chi connectivity index (χ0) is 18.1. The first-order valence-corrected chi connectivity index (χ1v) is 8.09. The zero-order valence-electron chi connectivity index (χ0n) is 13.4. The summed E-state index contributed by atoms with van der Waals surface area (Å²) in [5.74, 6) is -1.06. The molecule has 25 heavy (non-hydrogen) atoms. The van der Waals surface area contributed by atoms with Gasteiger partial charge < -0.3 is 39.4 Å². The van der Waals surface area contributed by atoms with Crippen LogP contribution in [0.4, 0.5) is 0 Å². The van der Waals surface area contributed by atoms with Crippen molar-refractivity contribution in [2.24, 2.45) is 11.8 Å². The molecule has 2 saturated heterocycles. The van der Waals surface area contributed by atoms with Crippen molar-refractivity contribution in [3.05, 3.63) is 24.5 Å². The number of aliphatic hydroxyl groups is 4. The monoisotopic (exact) mass is 358 g/mol. The van der Waals surface area contributed by atoms with Gasteiger partial charge in [-0.3, -0.25) is 0 Å². The number of hydrogen-bond acceptors (Lipinski definition) is 9. The molecule has 3 aliphatic heterocycles. The van der Waals surface area contributed by atoms with Gasteiger partial charge in [-0.15, -0.1) is 6.58 Å². The average Bonchev–Trinajstić information content (AvgIpc) is 2.62. The molecule has 0 bridgehead atoms. The quantitative estimate of drug-likeness (QED) is 0.346. The maximum Gasteiger partial charge on any atom is 0.337 e. The molecule has 8 atom stereocenters. The van der Waals surface area contributed by atoms with Crippen molar-refractivity contribution in [2.75, 3.05) is 13.2 Å². The summed E-state index contributed by atoms with van der Waals surface area (Å²) in [6, 6.07) is 0. The van der Waals surface area contributed by atoms with Crippen molar-refractivity contribution in [3.8, 4) is 0 Å². The van der Waals surface area contributed by atoms with Crippen LogP contribution >= 0.6 is 0 Å². The van der Waals surface area contributed by atoms with E-state index in [0.29, 0.717) is 12.0 Å². The van der Waals surface area contributed by atoms with Crippen molar-refractivity contribution in [2.45, 2.75) is 43.4 Å². The second-order valence-corrected chi connectivity index (χ2v) is 6.26. The fourth-order valence-electron chi connectivity index (χ4n) is 3.34. The summed E-state index contributed by atoms with van der Waals surface area (Å²) in [4.78, 5) is 11.8. The number of aliphatic hydroxyl groups excluding tert-OH is 4. The van der Waals surface area contributed by atoms with Gasteiger partial charge in [0.05, 0.1) is 25.0 Å². The smallest absolute Gasteiger partial charge is 0.337 e. The molecule has 0 aliphatic carbocycles. The third-order valence-corrected chi connectivity index (χ3v) is 4.79. The largest absolute Gasteiger partial charge is 0.471 e. The lowest BCUT2D eigenvalue weighted by molar-refractivity contribution is -0.339. The summed E-state index contributed by atoms with van der Waals surface area (Å²) >= 11 is 0. The van der Waals surface area contributed by atoms with Gasteiger partial charge in [0.1, 0.15) is 24.4 Å². The fraction of sp³-hybridized carbons (Fsp3) is 0.688. The van der Waals surface area contributed by atoms with Crippen molar-refractivity contribution >= 4 is 5.97 Å². The molecule has 4 N–H and O–H groups in total. The lowest BCUT2D eigenvalue weighted by Gasteiger charge is -2.43. The molecule has 2 fully saturated rings. The predicted octanol–water partition coefficient (Wildman–Crippen LogP) is -1.59. The van der Waals surface area contributed by atoms with Crippen LogP contribution < -0.4 is 0 Å². The Kier molecular flexibility index (Phi) is 5.42. The van der Waals surface area contributed by atoms with Gasteiger partial charge in [-0.1, -0.05) is 6.08 Å². The molecule has 0 amide bonds. The van der Waals surface area contributed by atoms with Gasteiger partial charge in [0, 0.05) is 11.8 Å². The first kappa shape index (κ1) is 18.3. The third-order valence-electron chi connectivity index (χ3n) is 4.79. The number of cyclic esters (lactones) is 1. The molecule has 3 heterocycles. The highest BCUT2D eigenvalue weighted by Gasteiger charge is 2.48. The number of hydrogen-bond donors (Lipinski definition) is 4. The third kappa shape index (κ3) is 3.31. The van der Waals surface area contributed by atoms with E-state index < -0.39 is 55.5 Å². The lowest BCUT2D eigenvalue weighted by Crippen LogP contribution is -2.60. The Morgan fingerprint density at radius 3 is 2.68 bits per heavy atom. The van der Waals surface area contributed by atoms with E-state index in [0.717, 1.165) is 0 Å². The molecule has 9 nitrogen and oxygen atoms in total. The Bertz CT molecular complexity index is 546. The summed E-state index contributed by atoms with van der Waals surface area (Å²) in [6.07, 6.45) is -4.44. The number of carbonyl (C=O) groups is 1. The topological polar surface area (TPSA) is 135 Å². The molecule has 0 saturated carbocycles. The minimum atomic E-state index is -1.54. The molecule has 0 aromatic carbocycles. The van der Waals surface area contributed by atoms with Crippen molar-refractivity contribution in [1.82, 2.24) is 0 Å². The molecule has 0 aromatic heterocycles. The molecule has 3 rings (SSSR count). The van der Waals surface area contributed by atoms with Gasteiger partial charge >= 0.3 is 5.97 Å². The van der Waals surface area contributed by atoms with Gasteiger partial charge in [0.2, 0.25) is 6.29 Å². The summed E-state index contributed by atoms with van der Waals surface area (Å²) in [7, 11) is 0. The summed E-state index contributed by atoms with van der Waals surface area (Å²) in [6.45, 7) is 3.47. The fourth-order valence-corrected chi connectivity index (χ4v) is 3.34. The van der Waals surface area contributed by atoms with Gasteiger partial charge in [0.15, 0.2) is 6.29 Å². The van der Waals surface area contributed by atoms with Gasteiger partial charge in [0.25, 0.3) is 0 Å².